The summed E-state index contributed by atoms with van der Waals surface area (Å²) in [6.07, 6.45) is 1.51. The molecule has 162 valence electrons. The van der Waals surface area contributed by atoms with Crippen molar-refractivity contribution in [2.24, 2.45) is 0 Å². The first kappa shape index (κ1) is 23.9. The molecule has 30 heavy (non-hydrogen) atoms. The molecule has 2 aromatic rings. The molecule has 0 spiro atoms. The largest absolute Gasteiger partial charge is 0.484 e. The summed E-state index contributed by atoms with van der Waals surface area (Å²) in [4.78, 5) is 27.3. The van der Waals surface area contributed by atoms with Gasteiger partial charge in [-0.25, -0.2) is 0 Å². The van der Waals surface area contributed by atoms with Crippen molar-refractivity contribution < 1.29 is 14.3 Å². The van der Waals surface area contributed by atoms with Crippen molar-refractivity contribution in [3.8, 4) is 5.75 Å². The highest BCUT2D eigenvalue weighted by atomic mass is 79.9. The van der Waals surface area contributed by atoms with Crippen molar-refractivity contribution in [2.45, 2.75) is 52.6 Å². The van der Waals surface area contributed by atoms with Gasteiger partial charge < -0.3 is 15.0 Å². The van der Waals surface area contributed by atoms with Gasteiger partial charge in [0.2, 0.25) is 5.91 Å². The van der Waals surface area contributed by atoms with Gasteiger partial charge in [-0.3, -0.25) is 9.59 Å². The third-order valence-corrected chi connectivity index (χ3v) is 6.03. The molecule has 2 aromatic carbocycles. The van der Waals surface area contributed by atoms with Crippen LogP contribution in [0.2, 0.25) is 0 Å². The zero-order chi connectivity index (χ0) is 22.1. The Balaban J connectivity index is 2.08. The maximum atomic E-state index is 13.0. The average Bonchev–Trinajstić information content (AvgIpc) is 2.75. The molecule has 0 heterocycles. The number of hydrogen-bond donors (Lipinski definition) is 1. The standard InChI is InChI=1S/C24H31BrN2O3/c1-5-18(3)26-24(29)19(4)27(14-13-20-9-7-6-8-10-20)23(28)16-30-21-11-12-22(25)17(2)15-21/h6-12,15,18-19H,5,13-14,16H2,1-4H3,(H,26,29)/t18-,19+/m0/s1. The van der Waals surface area contributed by atoms with Gasteiger partial charge in [-0.05, 0) is 62.9 Å². The van der Waals surface area contributed by atoms with E-state index in [9.17, 15) is 9.59 Å². The Bertz CT molecular complexity index is 842. The Morgan fingerprint density at radius 1 is 1.13 bits per heavy atom. The summed E-state index contributed by atoms with van der Waals surface area (Å²) in [5, 5.41) is 2.97. The van der Waals surface area contributed by atoms with Gasteiger partial charge in [-0.2, -0.15) is 0 Å². The number of carbonyl (C=O) groups is 2. The normalized spacial score (nSPS) is 12.7. The zero-order valence-corrected chi connectivity index (χ0v) is 19.7. The minimum atomic E-state index is -0.578. The third-order valence-electron chi connectivity index (χ3n) is 5.14. The van der Waals surface area contributed by atoms with Crippen LogP contribution in [0.3, 0.4) is 0 Å². The third kappa shape index (κ3) is 7.17. The monoisotopic (exact) mass is 474 g/mol. The lowest BCUT2D eigenvalue weighted by molar-refractivity contribution is -0.141. The van der Waals surface area contributed by atoms with Crippen molar-refractivity contribution >= 4 is 27.7 Å². The highest BCUT2D eigenvalue weighted by molar-refractivity contribution is 9.10. The fourth-order valence-corrected chi connectivity index (χ4v) is 3.22. The first-order valence-corrected chi connectivity index (χ1v) is 11.1. The number of nitrogens with zero attached hydrogens (tertiary/aromatic N) is 1. The predicted octanol–water partition coefficient (Wildman–Crippen LogP) is 4.51. The maximum absolute atomic E-state index is 13.0. The second-order valence-electron chi connectivity index (χ2n) is 7.52. The summed E-state index contributed by atoms with van der Waals surface area (Å²) in [5.41, 5.74) is 2.15. The topological polar surface area (TPSA) is 58.6 Å². The van der Waals surface area contributed by atoms with Crippen LogP contribution in [0.4, 0.5) is 0 Å². The molecular weight excluding hydrogens is 444 g/mol. The van der Waals surface area contributed by atoms with Crippen LogP contribution >= 0.6 is 15.9 Å². The molecule has 0 unspecified atom stereocenters. The van der Waals surface area contributed by atoms with Crippen LogP contribution in [0.15, 0.2) is 53.0 Å². The summed E-state index contributed by atoms with van der Waals surface area (Å²) in [5.74, 6) is 0.271. The number of halogens is 1. The number of nitrogens with one attached hydrogen (secondary N) is 1. The number of benzene rings is 2. The number of hydrogen-bond acceptors (Lipinski definition) is 3. The Labute approximate surface area is 187 Å². The highest BCUT2D eigenvalue weighted by Crippen LogP contribution is 2.21. The summed E-state index contributed by atoms with van der Waals surface area (Å²) in [6, 6.07) is 15.0. The first-order valence-electron chi connectivity index (χ1n) is 10.3. The summed E-state index contributed by atoms with van der Waals surface area (Å²) in [6.45, 7) is 8.04. The lowest BCUT2D eigenvalue weighted by Gasteiger charge is -2.29. The molecule has 0 aliphatic carbocycles. The van der Waals surface area contributed by atoms with Crippen molar-refractivity contribution in [3.05, 3.63) is 64.1 Å². The zero-order valence-electron chi connectivity index (χ0n) is 18.2. The van der Waals surface area contributed by atoms with Crippen LogP contribution in [0, 0.1) is 6.92 Å². The fraction of sp³-hybridized carbons (Fsp3) is 0.417. The van der Waals surface area contributed by atoms with Gasteiger partial charge in [0.05, 0.1) is 0 Å². The summed E-state index contributed by atoms with van der Waals surface area (Å²) < 4.78 is 6.71. The van der Waals surface area contributed by atoms with Crippen molar-refractivity contribution in [1.82, 2.24) is 10.2 Å². The molecule has 5 nitrogen and oxygen atoms in total. The second kappa shape index (κ2) is 11.7. The molecular formula is C24H31BrN2O3. The number of ether oxygens (including phenoxy) is 1. The van der Waals surface area contributed by atoms with Gasteiger partial charge in [-0.15, -0.1) is 0 Å². The first-order chi connectivity index (χ1) is 14.3. The van der Waals surface area contributed by atoms with E-state index in [0.717, 1.165) is 22.0 Å². The number of amides is 2. The number of carbonyl (C=O) groups excluding carboxylic acids is 2. The van der Waals surface area contributed by atoms with Crippen LogP contribution in [-0.4, -0.2) is 41.9 Å². The molecule has 0 aliphatic heterocycles. The minimum Gasteiger partial charge on any atom is -0.484 e. The smallest absolute Gasteiger partial charge is 0.261 e. The quantitative estimate of drug-likeness (QED) is 0.550. The van der Waals surface area contributed by atoms with Crippen LogP contribution in [0.1, 0.15) is 38.3 Å². The average molecular weight is 475 g/mol. The molecule has 0 aliphatic rings. The Morgan fingerprint density at radius 3 is 2.47 bits per heavy atom. The van der Waals surface area contributed by atoms with E-state index in [2.05, 4.69) is 21.2 Å². The van der Waals surface area contributed by atoms with Gasteiger partial charge in [0.1, 0.15) is 11.8 Å². The van der Waals surface area contributed by atoms with Crippen molar-refractivity contribution in [2.75, 3.05) is 13.2 Å². The van der Waals surface area contributed by atoms with E-state index in [1.165, 1.54) is 0 Å². The van der Waals surface area contributed by atoms with Gasteiger partial charge in [0.15, 0.2) is 6.61 Å². The molecule has 2 atom stereocenters. The minimum absolute atomic E-state index is 0.0630. The molecule has 6 heteroatoms. The molecule has 0 fully saturated rings. The maximum Gasteiger partial charge on any atom is 0.261 e. The Kier molecular flexibility index (Phi) is 9.37. The van der Waals surface area contributed by atoms with E-state index in [1.807, 2.05) is 69.3 Å². The highest BCUT2D eigenvalue weighted by Gasteiger charge is 2.26. The Morgan fingerprint density at radius 2 is 1.83 bits per heavy atom. The van der Waals surface area contributed by atoms with Crippen LogP contribution in [0.25, 0.3) is 0 Å². The van der Waals surface area contributed by atoms with Crippen LogP contribution < -0.4 is 10.1 Å². The lowest BCUT2D eigenvalue weighted by Crippen LogP contribution is -2.51. The van der Waals surface area contributed by atoms with E-state index >= 15 is 0 Å². The number of rotatable bonds is 10. The molecule has 0 aromatic heterocycles. The summed E-state index contributed by atoms with van der Waals surface area (Å²) in [7, 11) is 0. The van der Waals surface area contributed by atoms with Gasteiger partial charge in [0, 0.05) is 17.1 Å². The van der Waals surface area contributed by atoms with Crippen LogP contribution in [-0.2, 0) is 16.0 Å². The van der Waals surface area contributed by atoms with E-state index in [4.69, 9.17) is 4.74 Å². The molecule has 0 radical (unpaired) electrons. The van der Waals surface area contributed by atoms with Crippen molar-refractivity contribution in [1.29, 1.82) is 0 Å². The van der Waals surface area contributed by atoms with E-state index in [0.29, 0.717) is 18.7 Å². The van der Waals surface area contributed by atoms with Crippen LogP contribution in [0.5, 0.6) is 5.75 Å². The number of aryl methyl sites for hydroxylation is 1. The van der Waals surface area contributed by atoms with E-state index < -0.39 is 6.04 Å². The van der Waals surface area contributed by atoms with Crippen molar-refractivity contribution in [3.63, 3.8) is 0 Å². The molecule has 2 amide bonds. The molecule has 0 bridgehead atoms. The van der Waals surface area contributed by atoms with E-state index in [1.54, 1.807) is 11.8 Å². The molecule has 1 N–H and O–H groups in total. The SMILES string of the molecule is CC[C@H](C)NC(=O)[C@@H](C)N(CCc1ccccc1)C(=O)COc1ccc(Br)c(C)c1. The molecule has 0 saturated carbocycles. The van der Waals surface area contributed by atoms with Gasteiger partial charge in [-0.1, -0.05) is 53.2 Å². The molecule has 0 saturated heterocycles. The summed E-state index contributed by atoms with van der Waals surface area (Å²) >= 11 is 3.46. The second-order valence-corrected chi connectivity index (χ2v) is 8.37. The lowest BCUT2D eigenvalue weighted by atomic mass is 10.1. The van der Waals surface area contributed by atoms with Gasteiger partial charge >= 0.3 is 0 Å². The molecule has 2 rings (SSSR count). The predicted molar refractivity (Wildman–Crippen MR) is 124 cm³/mol. The Hall–Kier alpha value is -2.34. The van der Waals surface area contributed by atoms with Gasteiger partial charge in [0.25, 0.3) is 5.91 Å². The van der Waals surface area contributed by atoms with E-state index in [-0.39, 0.29) is 24.5 Å². The fourth-order valence-electron chi connectivity index (χ4n) is 2.97.